The van der Waals surface area contributed by atoms with Gasteiger partial charge in [-0.05, 0) is 77.6 Å². The van der Waals surface area contributed by atoms with Crippen molar-refractivity contribution in [3.8, 4) is 18.2 Å². The van der Waals surface area contributed by atoms with Crippen LogP contribution in [-0.2, 0) is 30.3 Å². The normalized spacial score (nSPS) is 24.7. The topological polar surface area (TPSA) is 160 Å². The average molecular weight is 815 g/mol. The molecule has 2 amide bonds. The molecule has 6 aliphatic rings. The van der Waals surface area contributed by atoms with Crippen molar-refractivity contribution in [2.75, 3.05) is 13.1 Å². The van der Waals surface area contributed by atoms with Crippen LogP contribution in [-0.4, -0.2) is 44.8 Å². The largest absolute Gasteiger partial charge is 0.483 e. The van der Waals surface area contributed by atoms with E-state index in [1.807, 2.05) is 58.0 Å². The molecule has 12 nitrogen and oxygen atoms in total. The molecule has 278 valence electrons. The molecule has 2 aliphatic carbocycles. The Morgan fingerprint density at radius 2 is 1.21 bits per heavy atom. The standard InChI is InChI=1S/C40H30N8O4S4/c1-8-47-35(49)33(55-37(47)21(16-41)17-42)45-29-14-24-31(53-29)22-10-19-13-28-23(11-20(19)12-27(22)51-39(24,3)4)32-25(40(5,6)52-28)15-30(54-32)46-34-36(50)48(9-2)38(56-34)26(18-43)44-7/h10-15,19-20H,8-9H2,1-6H3/b38-26+,45-33?,46-34?. The molecule has 0 N–H and O–H groups in total. The number of aliphatic imine (C=N–C) groups is 2. The lowest BCUT2D eigenvalue weighted by molar-refractivity contribution is -0.121. The smallest absolute Gasteiger partial charge is 0.291 e. The van der Waals surface area contributed by atoms with Gasteiger partial charge in [0.05, 0.1) is 12.6 Å². The maximum atomic E-state index is 13.3. The van der Waals surface area contributed by atoms with E-state index in [9.17, 15) is 25.4 Å². The molecule has 2 atom stereocenters. The Hall–Kier alpha value is -5.62. The quantitative estimate of drug-likeness (QED) is 0.217. The van der Waals surface area contributed by atoms with Crippen molar-refractivity contribution in [2.45, 2.75) is 52.7 Å². The van der Waals surface area contributed by atoms with Gasteiger partial charge < -0.3 is 14.4 Å². The van der Waals surface area contributed by atoms with Gasteiger partial charge in [0.25, 0.3) is 17.5 Å². The number of amides is 2. The fourth-order valence-corrected chi connectivity index (χ4v) is 11.9. The lowest BCUT2D eigenvalue weighted by Crippen LogP contribution is -2.31. The van der Waals surface area contributed by atoms with E-state index >= 15 is 0 Å². The number of thiophene rings is 2. The minimum absolute atomic E-state index is 0.0398. The van der Waals surface area contributed by atoms with Crippen LogP contribution in [0.4, 0.5) is 10.0 Å². The van der Waals surface area contributed by atoms with E-state index in [1.165, 1.54) is 32.5 Å². The number of hydrogen-bond acceptors (Lipinski definition) is 13. The Balaban J connectivity index is 1.13. The molecule has 2 fully saturated rings. The number of thioether (sulfide) groups is 2. The minimum atomic E-state index is -0.695. The Bertz CT molecular complexity index is 2420. The zero-order valence-electron chi connectivity index (χ0n) is 30.9. The van der Waals surface area contributed by atoms with Crippen LogP contribution in [0.1, 0.15) is 62.4 Å². The summed E-state index contributed by atoms with van der Waals surface area (Å²) in [5.74, 6) is 0.755. The summed E-state index contributed by atoms with van der Waals surface area (Å²) in [6, 6.07) is 9.57. The van der Waals surface area contributed by atoms with Crippen LogP contribution >= 0.6 is 46.2 Å². The summed E-state index contributed by atoms with van der Waals surface area (Å²) in [6.07, 6.45) is 8.70. The fraction of sp³-hybridized carbons (Fsp3) is 0.300. The highest BCUT2D eigenvalue weighted by molar-refractivity contribution is 8.20. The van der Waals surface area contributed by atoms with Gasteiger partial charge in [0.1, 0.15) is 54.9 Å². The highest BCUT2D eigenvalue weighted by Gasteiger charge is 2.44. The van der Waals surface area contributed by atoms with Gasteiger partial charge in [-0.15, -0.1) is 22.7 Å². The first-order valence-corrected chi connectivity index (χ1v) is 20.8. The van der Waals surface area contributed by atoms with E-state index in [4.69, 9.17) is 26.0 Å². The molecule has 4 aliphatic heterocycles. The number of rotatable bonds is 4. The molecular formula is C40H30N8O4S4. The summed E-state index contributed by atoms with van der Waals surface area (Å²) in [7, 11) is 0. The van der Waals surface area contributed by atoms with E-state index in [0.717, 1.165) is 67.1 Å². The van der Waals surface area contributed by atoms with Crippen molar-refractivity contribution in [3.63, 3.8) is 0 Å². The molecule has 0 aromatic carbocycles. The maximum Gasteiger partial charge on any atom is 0.291 e. The molecule has 6 heterocycles. The molecule has 2 aromatic heterocycles. The first-order valence-electron chi connectivity index (χ1n) is 17.5. The van der Waals surface area contributed by atoms with Gasteiger partial charge in [-0.1, -0.05) is 23.9 Å². The Labute approximate surface area is 339 Å². The molecule has 8 rings (SSSR count). The minimum Gasteiger partial charge on any atom is -0.483 e. The van der Waals surface area contributed by atoms with Crippen LogP contribution in [0.15, 0.2) is 79.3 Å². The zero-order valence-corrected chi connectivity index (χ0v) is 34.1. The highest BCUT2D eigenvalue weighted by Crippen LogP contribution is 2.56. The predicted octanol–water partition coefficient (Wildman–Crippen LogP) is 8.96. The van der Waals surface area contributed by atoms with Gasteiger partial charge >= 0.3 is 0 Å². The molecular weight excluding hydrogens is 785 g/mol. The number of hydrogen-bond donors (Lipinski definition) is 0. The van der Waals surface area contributed by atoms with Crippen LogP contribution in [0.25, 0.3) is 16.0 Å². The molecule has 2 unspecified atom stereocenters. The molecule has 0 spiro atoms. The van der Waals surface area contributed by atoms with Crippen LogP contribution in [0.2, 0.25) is 0 Å². The summed E-state index contributed by atoms with van der Waals surface area (Å²) in [5.41, 5.74) is 2.15. The average Bonchev–Trinajstić information content (AvgIpc) is 3.93. The third-order valence-corrected chi connectivity index (χ3v) is 14.3. The molecule has 0 bridgehead atoms. The van der Waals surface area contributed by atoms with Crippen molar-refractivity contribution >= 4 is 89.2 Å². The monoisotopic (exact) mass is 814 g/mol. The number of nitrogens with zero attached hydrogens (tertiary/aromatic N) is 8. The van der Waals surface area contributed by atoms with Gasteiger partial charge in [-0.25, -0.2) is 20.1 Å². The second-order valence-corrected chi connectivity index (χ2v) is 18.2. The predicted molar refractivity (Wildman–Crippen MR) is 218 cm³/mol. The lowest BCUT2D eigenvalue weighted by atomic mass is 9.76. The zero-order chi connectivity index (χ0) is 39.8. The van der Waals surface area contributed by atoms with Crippen LogP contribution in [0.5, 0.6) is 0 Å². The summed E-state index contributed by atoms with van der Waals surface area (Å²) in [6.45, 7) is 19.6. The molecule has 16 heteroatoms. The van der Waals surface area contributed by atoms with Crippen LogP contribution in [0, 0.1) is 52.4 Å². The third kappa shape index (κ3) is 5.84. The van der Waals surface area contributed by atoms with E-state index < -0.39 is 11.2 Å². The third-order valence-electron chi connectivity index (χ3n) is 9.98. The summed E-state index contributed by atoms with van der Waals surface area (Å²) in [4.78, 5) is 44.2. The Kier molecular flexibility index (Phi) is 9.02. The lowest BCUT2D eigenvalue weighted by Gasteiger charge is -2.40. The SMILES string of the molecule is [C-]#[N+]/C(C#N)=C1/SC(=Nc2cc3c(s2)C2=CC4C=C5OC(C)(C)c6cc(N=C7SC(=C(C#N)C#N)N(CC)C7=O)sc6C5=CC4C=C2OC3(C)C)C(=O)N1CC. The van der Waals surface area contributed by atoms with Crippen molar-refractivity contribution in [1.82, 2.24) is 9.80 Å². The number of ether oxygens (including phenoxy) is 2. The first-order chi connectivity index (χ1) is 26.7. The molecule has 0 radical (unpaired) electrons. The molecule has 2 saturated heterocycles. The fourth-order valence-electron chi connectivity index (χ4n) is 7.31. The van der Waals surface area contributed by atoms with E-state index in [1.54, 1.807) is 13.8 Å². The number of allylic oxidation sites excluding steroid dienone is 8. The van der Waals surface area contributed by atoms with E-state index in [0.29, 0.717) is 33.1 Å². The Morgan fingerprint density at radius 1 is 0.768 bits per heavy atom. The molecule has 2 aromatic rings. The highest BCUT2D eigenvalue weighted by atomic mass is 32.2. The number of fused-ring (bicyclic) bond motifs is 7. The molecule has 0 saturated carbocycles. The number of nitriles is 3. The second kappa shape index (κ2) is 13.5. The van der Waals surface area contributed by atoms with Crippen molar-refractivity contribution in [3.05, 3.63) is 102 Å². The van der Waals surface area contributed by atoms with E-state index in [-0.39, 0.29) is 45.0 Å². The van der Waals surface area contributed by atoms with Crippen molar-refractivity contribution in [2.24, 2.45) is 21.8 Å². The maximum absolute atomic E-state index is 13.3. The van der Waals surface area contributed by atoms with Crippen LogP contribution < -0.4 is 0 Å². The van der Waals surface area contributed by atoms with E-state index in [2.05, 4.69) is 29.1 Å². The van der Waals surface area contributed by atoms with Gasteiger partial charge in [-0.3, -0.25) is 14.5 Å². The van der Waals surface area contributed by atoms with Gasteiger partial charge in [-0.2, -0.15) is 10.5 Å². The summed E-state index contributed by atoms with van der Waals surface area (Å²) < 4.78 is 13.3. The van der Waals surface area contributed by atoms with Crippen LogP contribution in [0.3, 0.4) is 0 Å². The summed E-state index contributed by atoms with van der Waals surface area (Å²) >= 11 is 5.03. The van der Waals surface area contributed by atoms with Gasteiger partial charge in [0.2, 0.25) is 0 Å². The number of carbonyl (C=O) groups excluding carboxylic acids is 2. The van der Waals surface area contributed by atoms with Crippen molar-refractivity contribution in [1.29, 1.82) is 15.8 Å². The summed E-state index contributed by atoms with van der Waals surface area (Å²) in [5, 5.41) is 30.7. The van der Waals surface area contributed by atoms with Gasteiger partial charge in [0, 0.05) is 57.0 Å². The first kappa shape index (κ1) is 37.3. The Morgan fingerprint density at radius 3 is 1.62 bits per heavy atom. The number of carbonyl (C=O) groups is 2. The van der Waals surface area contributed by atoms with Gasteiger partial charge in [0.15, 0.2) is 15.7 Å². The van der Waals surface area contributed by atoms with Crippen molar-refractivity contribution < 1.29 is 19.1 Å². The second-order valence-electron chi connectivity index (χ2n) is 14.2. The molecule has 56 heavy (non-hydrogen) atoms.